The number of aryl methyl sites for hydroxylation is 1. The van der Waals surface area contributed by atoms with Gasteiger partial charge in [-0.2, -0.15) is 5.10 Å². The smallest absolute Gasteiger partial charge is 0.329 e. The minimum absolute atomic E-state index is 0.163. The van der Waals surface area contributed by atoms with Gasteiger partial charge >= 0.3 is 12.0 Å². The largest absolute Gasteiger partial charge is 0.459 e. The van der Waals surface area contributed by atoms with E-state index in [2.05, 4.69) is 10.4 Å². The van der Waals surface area contributed by atoms with Crippen LogP contribution in [-0.4, -0.2) is 70.3 Å². The number of anilines is 1. The molecule has 2 fully saturated rings. The Morgan fingerprint density at radius 1 is 1.26 bits per heavy atom. The molecule has 3 heterocycles. The fourth-order valence-electron chi connectivity index (χ4n) is 4.55. The highest BCUT2D eigenvalue weighted by Crippen LogP contribution is 2.41. The lowest BCUT2D eigenvalue weighted by atomic mass is 9.85. The van der Waals surface area contributed by atoms with Crippen LogP contribution in [0.25, 0.3) is 10.9 Å². The van der Waals surface area contributed by atoms with Gasteiger partial charge in [-0.15, -0.1) is 0 Å². The highest BCUT2D eigenvalue weighted by Gasteiger charge is 2.46. The zero-order valence-corrected chi connectivity index (χ0v) is 19.7. The van der Waals surface area contributed by atoms with Crippen LogP contribution in [0.15, 0.2) is 18.2 Å². The van der Waals surface area contributed by atoms with Gasteiger partial charge in [0.2, 0.25) is 5.91 Å². The van der Waals surface area contributed by atoms with Crippen LogP contribution in [0, 0.1) is 0 Å². The highest BCUT2D eigenvalue weighted by atomic mass is 19.3. The number of hydrogen-bond acceptors (Lipinski definition) is 6. The van der Waals surface area contributed by atoms with E-state index in [1.165, 1.54) is 9.80 Å². The van der Waals surface area contributed by atoms with Crippen LogP contribution in [0.4, 0.5) is 19.4 Å². The number of halogens is 2. The number of fused-ring (bicyclic) bond motifs is 1. The zero-order valence-electron chi connectivity index (χ0n) is 19.7. The maximum absolute atomic E-state index is 15.2. The number of hydrogen-bond donors (Lipinski definition) is 1. The van der Waals surface area contributed by atoms with Gasteiger partial charge in [-0.1, -0.05) is 6.07 Å². The van der Waals surface area contributed by atoms with E-state index in [1.807, 2.05) is 0 Å². The number of amides is 3. The molecule has 0 bridgehead atoms. The van der Waals surface area contributed by atoms with Gasteiger partial charge in [-0.05, 0) is 51.4 Å². The van der Waals surface area contributed by atoms with Crippen molar-refractivity contribution in [1.29, 1.82) is 0 Å². The molecule has 0 saturated carbocycles. The average molecular weight is 478 g/mol. The number of rotatable bonds is 4. The maximum atomic E-state index is 15.2. The monoisotopic (exact) mass is 477 g/mol. The van der Waals surface area contributed by atoms with E-state index in [-0.39, 0.29) is 31.8 Å². The summed E-state index contributed by atoms with van der Waals surface area (Å²) in [7, 11) is 1.68. The summed E-state index contributed by atoms with van der Waals surface area (Å²) in [4.78, 5) is 38.6. The van der Waals surface area contributed by atoms with E-state index in [0.717, 1.165) is 0 Å². The third kappa shape index (κ3) is 4.89. The van der Waals surface area contributed by atoms with E-state index in [0.29, 0.717) is 28.8 Å². The number of aromatic nitrogens is 2. The molecule has 9 nitrogen and oxygen atoms in total. The number of urea groups is 1. The predicted octanol–water partition coefficient (Wildman–Crippen LogP) is 2.79. The fraction of sp³-hybridized carbons (Fsp3) is 0.565. The number of carbonyl (C=O) groups is 3. The Balaban J connectivity index is 1.53. The maximum Gasteiger partial charge on any atom is 0.329 e. The lowest BCUT2D eigenvalue weighted by Gasteiger charge is -2.38. The van der Waals surface area contributed by atoms with Gasteiger partial charge in [-0.3, -0.25) is 29.4 Å². The summed E-state index contributed by atoms with van der Waals surface area (Å²) in [5.41, 5.74) is 0.422. The van der Waals surface area contributed by atoms with E-state index >= 15 is 8.78 Å². The third-order valence-electron chi connectivity index (χ3n) is 6.02. The molecule has 1 aromatic carbocycles. The van der Waals surface area contributed by atoms with Gasteiger partial charge in [0.15, 0.2) is 5.82 Å². The molecule has 1 unspecified atom stereocenters. The Morgan fingerprint density at radius 3 is 2.65 bits per heavy atom. The number of alkyl halides is 2. The minimum atomic E-state index is -3.04. The molecule has 2 saturated heterocycles. The number of imide groups is 1. The van der Waals surface area contributed by atoms with Crippen molar-refractivity contribution in [2.75, 3.05) is 31.1 Å². The van der Waals surface area contributed by atoms with E-state index in [1.54, 1.807) is 50.7 Å². The Labute approximate surface area is 196 Å². The summed E-state index contributed by atoms with van der Waals surface area (Å²) >= 11 is 0. The molecule has 11 heteroatoms. The minimum Gasteiger partial charge on any atom is -0.459 e. The summed E-state index contributed by atoms with van der Waals surface area (Å²) in [6, 6.07) is 4.47. The number of piperidine rings is 1. The number of carbonyl (C=O) groups excluding carboxylic acids is 3. The molecule has 0 spiro atoms. The molecule has 1 aromatic heterocycles. The summed E-state index contributed by atoms with van der Waals surface area (Å²) < 4.78 is 37.1. The van der Waals surface area contributed by atoms with Crippen LogP contribution in [0.5, 0.6) is 0 Å². The highest BCUT2D eigenvalue weighted by molar-refractivity contribution is 6.08. The van der Waals surface area contributed by atoms with Crippen LogP contribution in [0.1, 0.15) is 45.1 Å². The molecular weight excluding hydrogens is 448 g/mol. The van der Waals surface area contributed by atoms with Crippen LogP contribution in [-0.2, 0) is 21.4 Å². The van der Waals surface area contributed by atoms with Crippen molar-refractivity contribution in [3.63, 3.8) is 0 Å². The van der Waals surface area contributed by atoms with Gasteiger partial charge in [0.25, 0.3) is 5.92 Å². The van der Waals surface area contributed by atoms with Crippen molar-refractivity contribution in [2.45, 2.75) is 51.1 Å². The lowest BCUT2D eigenvalue weighted by molar-refractivity contribution is -0.159. The second kappa shape index (κ2) is 8.61. The van der Waals surface area contributed by atoms with Crippen molar-refractivity contribution < 1.29 is 27.9 Å². The van der Waals surface area contributed by atoms with Gasteiger partial charge in [0, 0.05) is 25.4 Å². The van der Waals surface area contributed by atoms with E-state index in [4.69, 9.17) is 4.74 Å². The summed E-state index contributed by atoms with van der Waals surface area (Å²) in [6.07, 6.45) is 0.346. The third-order valence-corrected chi connectivity index (χ3v) is 6.02. The van der Waals surface area contributed by atoms with Crippen molar-refractivity contribution in [1.82, 2.24) is 20.0 Å². The molecule has 0 aliphatic carbocycles. The first-order valence-electron chi connectivity index (χ1n) is 11.2. The first-order valence-corrected chi connectivity index (χ1v) is 11.2. The lowest BCUT2D eigenvalue weighted by Crippen LogP contribution is -2.49. The molecule has 2 aliphatic heterocycles. The van der Waals surface area contributed by atoms with Crippen molar-refractivity contribution in [2.24, 2.45) is 7.05 Å². The normalized spacial score (nSPS) is 21.6. The number of likely N-dealkylation sites (tertiary alicyclic amines) is 1. The van der Waals surface area contributed by atoms with Crippen LogP contribution in [0.2, 0.25) is 0 Å². The number of esters is 1. The van der Waals surface area contributed by atoms with Gasteiger partial charge in [-0.25, -0.2) is 13.6 Å². The SMILES string of the molecule is Cn1nc(N2CCC(=O)NC2=O)c2ccc(C3CCN(CC(=O)OC(C)(C)C)CC3(F)F)cc21. The molecule has 2 aliphatic rings. The summed E-state index contributed by atoms with van der Waals surface area (Å²) in [5.74, 6) is -4.53. The van der Waals surface area contributed by atoms with Gasteiger partial charge < -0.3 is 4.74 Å². The summed E-state index contributed by atoms with van der Waals surface area (Å²) in [6.45, 7) is 5.05. The van der Waals surface area contributed by atoms with Gasteiger partial charge in [0.05, 0.1) is 24.5 Å². The summed E-state index contributed by atoms with van der Waals surface area (Å²) in [5, 5.41) is 7.32. The van der Waals surface area contributed by atoms with E-state index in [9.17, 15) is 14.4 Å². The first-order chi connectivity index (χ1) is 15.8. The molecule has 1 N–H and O–H groups in total. The molecule has 184 valence electrons. The standard InChI is InChI=1S/C23H29F2N5O4/c1-22(2,3)34-19(32)12-29-9-7-16(23(24,25)13-29)14-5-6-15-17(11-14)28(4)27-20(15)30-10-8-18(31)26-21(30)33/h5-6,11,16H,7-10,12-13H2,1-4H3,(H,26,31,33). The second-order valence-corrected chi connectivity index (χ2v) is 9.88. The Hall–Kier alpha value is -3.08. The molecule has 4 rings (SSSR count). The quantitative estimate of drug-likeness (QED) is 0.681. The average Bonchev–Trinajstić information content (AvgIpc) is 3.01. The topological polar surface area (TPSA) is 96.8 Å². The molecule has 1 atom stereocenters. The van der Waals surface area contributed by atoms with Crippen LogP contribution in [0.3, 0.4) is 0 Å². The van der Waals surface area contributed by atoms with Gasteiger partial charge in [0.1, 0.15) is 5.60 Å². The number of nitrogens with one attached hydrogen (secondary N) is 1. The molecule has 34 heavy (non-hydrogen) atoms. The predicted molar refractivity (Wildman–Crippen MR) is 121 cm³/mol. The number of nitrogens with zero attached hydrogens (tertiary/aromatic N) is 4. The van der Waals surface area contributed by atoms with Crippen molar-refractivity contribution >= 4 is 34.6 Å². The molecular formula is C23H29F2N5O4. The molecule has 2 aromatic rings. The molecule has 3 amide bonds. The fourth-order valence-corrected chi connectivity index (χ4v) is 4.55. The van der Waals surface area contributed by atoms with Crippen LogP contribution >= 0.6 is 0 Å². The number of benzene rings is 1. The Bertz CT molecular complexity index is 1140. The van der Waals surface area contributed by atoms with Crippen molar-refractivity contribution in [3.8, 4) is 0 Å². The van der Waals surface area contributed by atoms with Crippen LogP contribution < -0.4 is 10.2 Å². The zero-order chi connectivity index (χ0) is 24.8. The Morgan fingerprint density at radius 2 is 2.00 bits per heavy atom. The number of ether oxygens (including phenoxy) is 1. The second-order valence-electron chi connectivity index (χ2n) is 9.88. The Kier molecular flexibility index (Phi) is 6.09. The first kappa shape index (κ1) is 24.1. The van der Waals surface area contributed by atoms with E-state index < -0.39 is 36.0 Å². The van der Waals surface area contributed by atoms with Crippen molar-refractivity contribution in [3.05, 3.63) is 23.8 Å². The molecule has 0 radical (unpaired) electrons.